The highest BCUT2D eigenvalue weighted by atomic mass is 16.2. The van der Waals surface area contributed by atoms with E-state index >= 15 is 0 Å². The number of aryl methyl sites for hydroxylation is 2. The number of hydrogen-bond acceptors (Lipinski definition) is 6. The maximum atomic E-state index is 12.3. The van der Waals surface area contributed by atoms with Gasteiger partial charge in [0.15, 0.2) is 0 Å². The fraction of sp³-hybridized carbons (Fsp3) is 0.550. The van der Waals surface area contributed by atoms with E-state index in [2.05, 4.69) is 25.2 Å². The molecule has 0 radical (unpaired) electrons. The Hall–Kier alpha value is -2.97. The van der Waals surface area contributed by atoms with E-state index in [0.717, 1.165) is 44.6 Å². The summed E-state index contributed by atoms with van der Waals surface area (Å²) in [5, 5.41) is 3.07. The molecule has 0 bridgehead atoms. The summed E-state index contributed by atoms with van der Waals surface area (Å²) in [7, 11) is 0. The van der Waals surface area contributed by atoms with Crippen LogP contribution in [0.3, 0.4) is 0 Å². The van der Waals surface area contributed by atoms with Gasteiger partial charge in [-0.3, -0.25) is 14.6 Å². The second kappa shape index (κ2) is 8.59. The van der Waals surface area contributed by atoms with Gasteiger partial charge in [-0.2, -0.15) is 0 Å². The van der Waals surface area contributed by atoms with Crippen LogP contribution in [0.2, 0.25) is 0 Å². The molecule has 3 heterocycles. The molecular formula is C20H26N6O3. The van der Waals surface area contributed by atoms with Crippen molar-refractivity contribution in [2.45, 2.75) is 57.5 Å². The summed E-state index contributed by atoms with van der Waals surface area (Å²) in [5.41, 5.74) is 1.56. The van der Waals surface area contributed by atoms with Crippen LogP contribution in [0.5, 0.6) is 0 Å². The molecule has 1 fully saturated rings. The Morgan fingerprint density at radius 2 is 1.97 bits per heavy atom. The number of hydrogen-bond donors (Lipinski definition) is 2. The van der Waals surface area contributed by atoms with Crippen molar-refractivity contribution >= 4 is 11.7 Å². The number of carbonyl (C=O) groups is 1. The molecule has 9 heteroatoms. The molecule has 1 aliphatic carbocycles. The van der Waals surface area contributed by atoms with Crippen LogP contribution < -0.4 is 21.5 Å². The maximum absolute atomic E-state index is 12.3. The first kappa shape index (κ1) is 19.4. The summed E-state index contributed by atoms with van der Waals surface area (Å²) < 4.78 is 1.34. The molecular weight excluding hydrogens is 372 g/mol. The quantitative estimate of drug-likeness (QED) is 0.753. The Bertz CT molecular complexity index is 990. The van der Waals surface area contributed by atoms with Crippen LogP contribution in [0, 0.1) is 0 Å². The highest BCUT2D eigenvalue weighted by molar-refractivity contribution is 5.76. The van der Waals surface area contributed by atoms with Crippen LogP contribution >= 0.6 is 0 Å². The van der Waals surface area contributed by atoms with Crippen molar-refractivity contribution < 1.29 is 4.79 Å². The Balaban J connectivity index is 1.28. The Kier molecular flexibility index (Phi) is 5.73. The Morgan fingerprint density at radius 3 is 2.76 bits per heavy atom. The minimum atomic E-state index is -0.494. The van der Waals surface area contributed by atoms with Gasteiger partial charge in [-0.25, -0.2) is 14.8 Å². The molecule has 2 aliphatic rings. The van der Waals surface area contributed by atoms with Crippen LogP contribution in [0.1, 0.15) is 43.4 Å². The smallest absolute Gasteiger partial charge is 0.328 e. The molecule has 2 aromatic heterocycles. The summed E-state index contributed by atoms with van der Waals surface area (Å²) in [6.07, 6.45) is 9.49. The van der Waals surface area contributed by atoms with Gasteiger partial charge in [0.1, 0.15) is 12.1 Å². The molecule has 1 saturated heterocycles. The number of aromatic amines is 1. The van der Waals surface area contributed by atoms with Gasteiger partial charge in [0, 0.05) is 55.6 Å². The van der Waals surface area contributed by atoms with E-state index in [0.29, 0.717) is 0 Å². The lowest BCUT2D eigenvalue weighted by Gasteiger charge is -2.35. The minimum Gasteiger partial charge on any atom is -0.356 e. The van der Waals surface area contributed by atoms with E-state index in [1.165, 1.54) is 40.9 Å². The lowest BCUT2D eigenvalue weighted by molar-refractivity contribution is -0.122. The van der Waals surface area contributed by atoms with E-state index in [1.54, 1.807) is 6.33 Å². The molecule has 29 heavy (non-hydrogen) atoms. The van der Waals surface area contributed by atoms with Gasteiger partial charge >= 0.3 is 5.69 Å². The number of piperidine rings is 1. The minimum absolute atomic E-state index is 0.0824. The highest BCUT2D eigenvalue weighted by Crippen LogP contribution is 2.28. The zero-order valence-corrected chi connectivity index (χ0v) is 16.4. The fourth-order valence-electron chi connectivity index (χ4n) is 4.15. The van der Waals surface area contributed by atoms with Crippen LogP contribution in [0.25, 0.3) is 0 Å². The van der Waals surface area contributed by atoms with E-state index in [9.17, 15) is 14.4 Å². The summed E-state index contributed by atoms with van der Waals surface area (Å²) >= 11 is 0. The summed E-state index contributed by atoms with van der Waals surface area (Å²) in [4.78, 5) is 48.5. The second-order valence-corrected chi connectivity index (χ2v) is 7.71. The summed E-state index contributed by atoms with van der Waals surface area (Å²) in [6, 6.07) is 1.41. The van der Waals surface area contributed by atoms with Gasteiger partial charge in [0.05, 0.1) is 0 Å². The fourth-order valence-corrected chi connectivity index (χ4v) is 4.15. The third kappa shape index (κ3) is 4.55. The standard InChI is InChI=1S/C20H26N6O3/c27-17(7-11-26-12-8-18(28)24-20(26)29)23-14-5-9-25(10-6-14)19-15-3-1-2-4-16(15)21-13-22-19/h8,12-14H,1-7,9-11H2,(H,23,27)(H,24,28,29). The molecule has 2 aromatic rings. The number of fused-ring (bicyclic) bond motifs is 1. The first-order chi connectivity index (χ1) is 14.1. The predicted octanol–water partition coefficient (Wildman–Crippen LogP) is 0.381. The number of nitrogens with zero attached hydrogens (tertiary/aromatic N) is 4. The van der Waals surface area contributed by atoms with Crippen molar-refractivity contribution in [3.8, 4) is 0 Å². The van der Waals surface area contributed by atoms with Gasteiger partial charge < -0.3 is 14.8 Å². The van der Waals surface area contributed by atoms with Gasteiger partial charge in [-0.05, 0) is 38.5 Å². The Morgan fingerprint density at radius 1 is 1.17 bits per heavy atom. The lowest BCUT2D eigenvalue weighted by atomic mass is 9.95. The molecule has 0 unspecified atom stereocenters. The second-order valence-electron chi connectivity index (χ2n) is 7.71. The summed E-state index contributed by atoms with van der Waals surface area (Å²) in [6.45, 7) is 1.95. The monoisotopic (exact) mass is 398 g/mol. The normalized spacial score (nSPS) is 17.0. The molecule has 1 aliphatic heterocycles. The molecule has 0 aromatic carbocycles. The van der Waals surface area contributed by atoms with Crippen LogP contribution in [0.4, 0.5) is 5.82 Å². The topological polar surface area (TPSA) is 113 Å². The third-order valence-corrected chi connectivity index (χ3v) is 5.74. The SMILES string of the molecule is O=C(CCn1ccc(=O)[nH]c1=O)NC1CCN(c2ncnc3c2CCCC3)CC1. The van der Waals surface area contributed by atoms with E-state index < -0.39 is 11.2 Å². The van der Waals surface area contributed by atoms with Crippen molar-refractivity contribution in [1.82, 2.24) is 24.8 Å². The number of carbonyl (C=O) groups excluding carboxylic acids is 1. The first-order valence-electron chi connectivity index (χ1n) is 10.3. The zero-order chi connectivity index (χ0) is 20.2. The molecule has 9 nitrogen and oxygen atoms in total. The molecule has 0 atom stereocenters. The van der Waals surface area contributed by atoms with E-state index in [-0.39, 0.29) is 24.9 Å². The average molecular weight is 398 g/mol. The predicted molar refractivity (Wildman–Crippen MR) is 108 cm³/mol. The van der Waals surface area contributed by atoms with Gasteiger partial charge in [-0.1, -0.05) is 0 Å². The van der Waals surface area contributed by atoms with E-state index in [4.69, 9.17) is 0 Å². The zero-order valence-electron chi connectivity index (χ0n) is 16.4. The van der Waals surface area contributed by atoms with Crippen LogP contribution in [0.15, 0.2) is 28.2 Å². The number of anilines is 1. The molecule has 154 valence electrons. The number of H-pyrrole nitrogens is 1. The third-order valence-electron chi connectivity index (χ3n) is 5.74. The Labute approximate surface area is 168 Å². The van der Waals surface area contributed by atoms with Crippen molar-refractivity contribution in [3.05, 3.63) is 50.7 Å². The maximum Gasteiger partial charge on any atom is 0.328 e. The highest BCUT2D eigenvalue weighted by Gasteiger charge is 2.25. The number of nitrogens with one attached hydrogen (secondary N) is 2. The van der Waals surface area contributed by atoms with Crippen molar-refractivity contribution in [2.24, 2.45) is 0 Å². The molecule has 0 saturated carbocycles. The van der Waals surface area contributed by atoms with Crippen molar-refractivity contribution in [3.63, 3.8) is 0 Å². The van der Waals surface area contributed by atoms with Crippen molar-refractivity contribution in [1.29, 1.82) is 0 Å². The van der Waals surface area contributed by atoms with Crippen LogP contribution in [-0.2, 0) is 24.2 Å². The molecule has 0 spiro atoms. The van der Waals surface area contributed by atoms with Gasteiger partial charge in [-0.15, -0.1) is 0 Å². The molecule has 4 rings (SSSR count). The van der Waals surface area contributed by atoms with Gasteiger partial charge in [0.25, 0.3) is 5.56 Å². The average Bonchev–Trinajstić information content (AvgIpc) is 2.73. The van der Waals surface area contributed by atoms with E-state index in [1.807, 2.05) is 0 Å². The first-order valence-corrected chi connectivity index (χ1v) is 10.3. The number of aromatic nitrogens is 4. The molecule has 2 N–H and O–H groups in total. The molecule has 1 amide bonds. The lowest BCUT2D eigenvalue weighted by Crippen LogP contribution is -2.45. The van der Waals surface area contributed by atoms with Crippen molar-refractivity contribution in [2.75, 3.05) is 18.0 Å². The number of rotatable bonds is 5. The van der Waals surface area contributed by atoms with Crippen LogP contribution in [-0.4, -0.2) is 44.6 Å². The summed E-state index contributed by atoms with van der Waals surface area (Å²) in [5.74, 6) is 0.984. The number of amides is 1. The largest absolute Gasteiger partial charge is 0.356 e. The van der Waals surface area contributed by atoms with Gasteiger partial charge in [0.2, 0.25) is 5.91 Å².